The third-order valence-electron chi connectivity index (χ3n) is 9.74. The van der Waals surface area contributed by atoms with Crippen molar-refractivity contribution in [1.29, 1.82) is 0 Å². The van der Waals surface area contributed by atoms with Crippen molar-refractivity contribution in [2.45, 2.75) is 129 Å². The van der Waals surface area contributed by atoms with Crippen LogP contribution in [0.4, 0.5) is 0 Å². The van der Waals surface area contributed by atoms with Gasteiger partial charge in [0.25, 0.3) is 0 Å². The molecule has 0 aromatic heterocycles. The predicted octanol–water partition coefficient (Wildman–Crippen LogP) is 5.96. The second-order valence-corrected chi connectivity index (χ2v) is 17.9. The van der Waals surface area contributed by atoms with Gasteiger partial charge in [0.05, 0.1) is 31.0 Å². The summed E-state index contributed by atoms with van der Waals surface area (Å²) in [7, 11) is -2.42. The number of carbonyl (C=O) groups excluding carboxylic acids is 1. The molecule has 0 spiro atoms. The molecule has 2 saturated heterocycles. The second-order valence-electron chi connectivity index (χ2n) is 13.3. The maximum atomic E-state index is 11.8. The summed E-state index contributed by atoms with van der Waals surface area (Å²) >= 11 is 0. The van der Waals surface area contributed by atoms with Crippen molar-refractivity contribution in [3.05, 3.63) is 46.3 Å². The minimum absolute atomic E-state index is 0.0735. The highest BCUT2D eigenvalue weighted by Gasteiger charge is 2.52. The zero-order valence-corrected chi connectivity index (χ0v) is 28.3. The third kappa shape index (κ3) is 8.37. The van der Waals surface area contributed by atoms with Crippen molar-refractivity contribution in [3.63, 3.8) is 0 Å². The van der Waals surface area contributed by atoms with Gasteiger partial charge in [0, 0.05) is 17.8 Å². The van der Waals surface area contributed by atoms with Crippen molar-refractivity contribution >= 4 is 14.3 Å². The Hall–Kier alpha value is -2.02. The molecule has 242 valence electrons. The molecule has 2 aliphatic heterocycles. The van der Waals surface area contributed by atoms with E-state index in [2.05, 4.69) is 50.8 Å². The van der Waals surface area contributed by atoms with Crippen molar-refractivity contribution in [2.24, 2.45) is 22.9 Å². The van der Waals surface area contributed by atoms with Crippen LogP contribution in [0.15, 0.2) is 35.4 Å². The molecule has 0 radical (unpaired) electrons. The number of esters is 1. The zero-order valence-electron chi connectivity index (χ0n) is 27.3. The summed E-state index contributed by atoms with van der Waals surface area (Å²) in [6.07, 6.45) is -5.01. The number of benzene rings is 1. The quantitative estimate of drug-likeness (QED) is 0.0991. The van der Waals surface area contributed by atoms with E-state index in [1.807, 2.05) is 44.2 Å². The zero-order chi connectivity index (χ0) is 32.1. The first-order valence-electron chi connectivity index (χ1n) is 15.3. The minimum atomic E-state index is -2.42. The van der Waals surface area contributed by atoms with Crippen LogP contribution in [0.2, 0.25) is 18.1 Å². The fourth-order valence-corrected chi connectivity index (χ4v) is 8.06. The molecule has 2 aliphatic rings. The number of rotatable bonds is 12. The average molecular weight is 622 g/mol. The maximum absolute atomic E-state index is 11.8. The van der Waals surface area contributed by atoms with Crippen molar-refractivity contribution in [3.8, 4) is 0 Å². The highest BCUT2D eigenvalue weighted by atomic mass is 28.4. The molecule has 2 heterocycles. The highest BCUT2D eigenvalue weighted by molar-refractivity contribution is 6.74. The molecule has 2 fully saturated rings. The number of aliphatic hydroxyl groups is 1. The largest absolute Gasteiger partial charge is 0.463 e. The van der Waals surface area contributed by atoms with Gasteiger partial charge in [-0.25, -0.2) is 0 Å². The highest BCUT2D eigenvalue weighted by Crippen LogP contribution is 2.47. The second kappa shape index (κ2) is 14.8. The fraction of sp³-hybridized carbons (Fsp3) is 0.774. The molecule has 1 aromatic rings. The summed E-state index contributed by atoms with van der Waals surface area (Å²) in [4.78, 5) is 15.0. The number of nitrogens with zero attached hydrogens (tertiary/aromatic N) is 3. The molecule has 0 amide bonds. The smallest absolute Gasteiger partial charge is 0.302 e. The Bertz CT molecular complexity index is 1100. The minimum Gasteiger partial charge on any atom is -0.463 e. The maximum Gasteiger partial charge on any atom is 0.302 e. The molecule has 11 nitrogen and oxygen atoms in total. The van der Waals surface area contributed by atoms with E-state index in [-0.39, 0.29) is 23.5 Å². The van der Waals surface area contributed by atoms with Crippen LogP contribution in [-0.2, 0) is 39.5 Å². The Balaban J connectivity index is 1.87. The van der Waals surface area contributed by atoms with Crippen LogP contribution < -0.4 is 0 Å². The lowest BCUT2D eigenvalue weighted by atomic mass is 9.88. The van der Waals surface area contributed by atoms with Crippen molar-refractivity contribution in [1.82, 2.24) is 0 Å². The number of hydrogen-bond acceptors (Lipinski definition) is 9. The van der Waals surface area contributed by atoms with E-state index < -0.39 is 63.4 Å². The summed E-state index contributed by atoms with van der Waals surface area (Å²) < 4.78 is 37.6. The molecule has 0 saturated carbocycles. The van der Waals surface area contributed by atoms with Gasteiger partial charge < -0.3 is 33.2 Å². The van der Waals surface area contributed by atoms with Gasteiger partial charge in [-0.3, -0.25) is 4.79 Å². The lowest BCUT2D eigenvalue weighted by Gasteiger charge is -2.51. The first-order valence-corrected chi connectivity index (χ1v) is 18.2. The summed E-state index contributed by atoms with van der Waals surface area (Å²) in [5, 5.41) is 15.0. The van der Waals surface area contributed by atoms with Gasteiger partial charge in [0.15, 0.2) is 20.9 Å². The first kappa shape index (κ1) is 35.5. The molecular formula is C31H51N3O8Si. The van der Waals surface area contributed by atoms with E-state index in [0.717, 1.165) is 5.56 Å². The Kier molecular flexibility index (Phi) is 12.2. The molecule has 0 aliphatic carbocycles. The number of ether oxygens (including phenoxy) is 5. The molecule has 43 heavy (non-hydrogen) atoms. The van der Waals surface area contributed by atoms with Gasteiger partial charge >= 0.3 is 5.97 Å². The van der Waals surface area contributed by atoms with Crippen LogP contribution in [0, 0.1) is 17.8 Å². The Labute approximate surface area is 257 Å². The standard InChI is InChI=1S/C31H51N3O8Si/c1-18(2)31(7,8)43(9,10)42-30-25(33-34-32)19(3)27(24(40-30)17-37-22(6)35)41-29-20(4)28(26(36)21(5)39-29)38-16-23-14-12-11-13-15-23/h11-15,18-21,24-30,36H,16-17H2,1-10H3/t19-,20+,21?,24?,25?,26-,27+,28?,29+,30+/m1/s1. The molecule has 12 heteroatoms. The van der Waals surface area contributed by atoms with Crippen LogP contribution in [0.5, 0.6) is 0 Å². The van der Waals surface area contributed by atoms with Crippen LogP contribution >= 0.6 is 0 Å². The Morgan fingerprint density at radius 1 is 1.09 bits per heavy atom. The van der Waals surface area contributed by atoms with E-state index in [1.54, 1.807) is 6.92 Å². The lowest BCUT2D eigenvalue weighted by Crippen LogP contribution is -2.61. The van der Waals surface area contributed by atoms with Crippen LogP contribution in [0.1, 0.15) is 61.0 Å². The topological polar surface area (TPSA) is 141 Å². The SMILES string of the molecule is CC(=O)OCC1O[C@@H](O[Si](C)(C)C(C)(C)C(C)C)C(N=[N+]=[N-])[C@@H](C)[C@@H]1O[C@@H]1OC(C)[C@@H](O)C(OCc2ccccc2)[C@@H]1C. The van der Waals surface area contributed by atoms with Crippen LogP contribution in [0.3, 0.4) is 0 Å². The number of carbonyl (C=O) groups is 1. The van der Waals surface area contributed by atoms with Crippen molar-refractivity contribution in [2.75, 3.05) is 6.61 Å². The number of hydrogen-bond donors (Lipinski definition) is 1. The van der Waals surface area contributed by atoms with Gasteiger partial charge in [0.2, 0.25) is 0 Å². The van der Waals surface area contributed by atoms with E-state index in [9.17, 15) is 15.4 Å². The monoisotopic (exact) mass is 621 g/mol. The van der Waals surface area contributed by atoms with Gasteiger partial charge in [-0.2, -0.15) is 0 Å². The Morgan fingerprint density at radius 2 is 1.74 bits per heavy atom. The first-order chi connectivity index (χ1) is 20.1. The summed E-state index contributed by atoms with van der Waals surface area (Å²) in [5.41, 5.74) is 10.5. The normalized spacial score (nSPS) is 33.6. The van der Waals surface area contributed by atoms with Crippen molar-refractivity contribution < 1.29 is 38.0 Å². The van der Waals surface area contributed by atoms with Crippen LogP contribution in [0.25, 0.3) is 10.4 Å². The van der Waals surface area contributed by atoms with E-state index >= 15 is 0 Å². The number of aliphatic hydroxyl groups excluding tert-OH is 1. The average Bonchev–Trinajstić information content (AvgIpc) is 2.94. The van der Waals surface area contributed by atoms with E-state index in [0.29, 0.717) is 12.5 Å². The summed E-state index contributed by atoms with van der Waals surface area (Å²) in [6, 6.07) is 9.05. The fourth-order valence-electron chi connectivity index (χ4n) is 5.59. The molecule has 3 rings (SSSR count). The van der Waals surface area contributed by atoms with Gasteiger partial charge in [-0.15, -0.1) is 0 Å². The molecule has 0 bridgehead atoms. The van der Waals surface area contributed by atoms with Gasteiger partial charge in [-0.05, 0) is 48.0 Å². The molecule has 1 N–H and O–H groups in total. The predicted molar refractivity (Wildman–Crippen MR) is 164 cm³/mol. The summed E-state index contributed by atoms with van der Waals surface area (Å²) in [6.45, 7) is 20.2. The summed E-state index contributed by atoms with van der Waals surface area (Å²) in [5.74, 6) is -0.848. The molecule has 1 aromatic carbocycles. The Morgan fingerprint density at radius 3 is 2.33 bits per heavy atom. The van der Waals surface area contributed by atoms with Crippen LogP contribution in [-0.4, -0.2) is 75.1 Å². The molecule has 4 unspecified atom stereocenters. The molecule has 10 atom stereocenters. The third-order valence-corrected chi connectivity index (χ3v) is 14.2. The number of azide groups is 1. The van der Waals surface area contributed by atoms with E-state index in [1.165, 1.54) is 6.92 Å². The molecular weight excluding hydrogens is 570 g/mol. The van der Waals surface area contributed by atoms with Gasteiger partial charge in [0.1, 0.15) is 18.8 Å². The van der Waals surface area contributed by atoms with E-state index in [4.69, 9.17) is 28.1 Å². The van der Waals surface area contributed by atoms with Gasteiger partial charge in [-0.1, -0.05) is 77.0 Å². The lowest BCUT2D eigenvalue weighted by molar-refractivity contribution is -0.325.